The first-order valence-corrected chi connectivity index (χ1v) is 7.74. The summed E-state index contributed by atoms with van der Waals surface area (Å²) in [5, 5.41) is 4.53. The minimum absolute atomic E-state index is 0.159. The van der Waals surface area contributed by atoms with Gasteiger partial charge in [-0.3, -0.25) is 0 Å². The Morgan fingerprint density at radius 1 is 0.957 bits per heavy atom. The van der Waals surface area contributed by atoms with Crippen molar-refractivity contribution in [3.05, 3.63) is 58.7 Å². The van der Waals surface area contributed by atoms with Crippen molar-refractivity contribution in [1.82, 2.24) is 5.43 Å². The number of hydrogen-bond acceptors (Lipinski definition) is 4. The number of methoxy groups -OCH3 is 2. The van der Waals surface area contributed by atoms with Gasteiger partial charge in [0.25, 0.3) is 0 Å². The first-order valence-electron chi connectivity index (χ1n) is 7.74. The Morgan fingerprint density at radius 3 is 2.43 bits per heavy atom. The molecule has 0 spiro atoms. The summed E-state index contributed by atoms with van der Waals surface area (Å²) in [6.45, 7) is 4.26. The maximum Gasteiger partial charge on any atom is 0.161 e. The predicted octanol–water partition coefficient (Wildman–Crippen LogP) is 3.76. The van der Waals surface area contributed by atoms with Crippen molar-refractivity contribution >= 4 is 5.71 Å². The van der Waals surface area contributed by atoms with Crippen LogP contribution >= 0.6 is 0 Å². The largest absolute Gasteiger partial charge is 0.493 e. The summed E-state index contributed by atoms with van der Waals surface area (Å²) >= 11 is 0. The minimum Gasteiger partial charge on any atom is -0.493 e. The van der Waals surface area contributed by atoms with Gasteiger partial charge in [-0.2, -0.15) is 5.10 Å². The molecule has 2 aromatic rings. The lowest BCUT2D eigenvalue weighted by Gasteiger charge is -2.14. The molecule has 4 nitrogen and oxygen atoms in total. The second kappa shape index (κ2) is 6.32. The molecular weight excluding hydrogens is 288 g/mol. The van der Waals surface area contributed by atoms with Crippen molar-refractivity contribution in [1.29, 1.82) is 0 Å². The van der Waals surface area contributed by atoms with Crippen molar-refractivity contribution in [3.8, 4) is 11.5 Å². The Morgan fingerprint density at radius 2 is 1.74 bits per heavy atom. The van der Waals surface area contributed by atoms with Crippen LogP contribution in [0, 0.1) is 13.8 Å². The molecule has 1 unspecified atom stereocenters. The van der Waals surface area contributed by atoms with E-state index >= 15 is 0 Å². The molecule has 1 aliphatic rings. The lowest BCUT2D eigenvalue weighted by molar-refractivity contribution is 0.354. The number of rotatable bonds is 4. The molecule has 1 N–H and O–H groups in total. The van der Waals surface area contributed by atoms with Crippen LogP contribution in [-0.2, 0) is 0 Å². The van der Waals surface area contributed by atoms with E-state index in [2.05, 4.69) is 48.6 Å². The third-order valence-corrected chi connectivity index (χ3v) is 4.40. The van der Waals surface area contributed by atoms with Crippen LogP contribution in [0.1, 0.15) is 34.7 Å². The second-order valence-corrected chi connectivity index (χ2v) is 5.86. The highest BCUT2D eigenvalue weighted by atomic mass is 16.5. The molecule has 2 aromatic carbocycles. The quantitative estimate of drug-likeness (QED) is 0.935. The van der Waals surface area contributed by atoms with E-state index in [1.165, 1.54) is 16.7 Å². The molecule has 0 saturated heterocycles. The van der Waals surface area contributed by atoms with Crippen LogP contribution < -0.4 is 14.9 Å². The fourth-order valence-corrected chi connectivity index (χ4v) is 2.81. The monoisotopic (exact) mass is 310 g/mol. The first-order chi connectivity index (χ1) is 11.1. The Bertz CT molecular complexity index is 753. The molecule has 1 atom stereocenters. The summed E-state index contributed by atoms with van der Waals surface area (Å²) in [5.41, 5.74) is 9.25. The van der Waals surface area contributed by atoms with E-state index in [-0.39, 0.29) is 6.04 Å². The molecule has 0 fully saturated rings. The van der Waals surface area contributed by atoms with Gasteiger partial charge in [0.15, 0.2) is 11.5 Å². The maximum absolute atomic E-state index is 5.39. The summed E-state index contributed by atoms with van der Waals surface area (Å²) in [6.07, 6.45) is 0.859. The van der Waals surface area contributed by atoms with E-state index in [1.54, 1.807) is 14.2 Å². The van der Waals surface area contributed by atoms with Gasteiger partial charge in [0.2, 0.25) is 0 Å². The molecule has 3 rings (SSSR count). The number of nitrogens with zero attached hydrogens (tertiary/aromatic N) is 1. The molecule has 0 amide bonds. The first kappa shape index (κ1) is 15.4. The average Bonchev–Trinajstić information content (AvgIpc) is 3.06. The van der Waals surface area contributed by atoms with Crippen molar-refractivity contribution in [2.24, 2.45) is 5.10 Å². The molecule has 1 aliphatic heterocycles. The van der Waals surface area contributed by atoms with Crippen molar-refractivity contribution in [2.45, 2.75) is 26.3 Å². The topological polar surface area (TPSA) is 42.8 Å². The van der Waals surface area contributed by atoms with Gasteiger partial charge in [-0.1, -0.05) is 18.2 Å². The maximum atomic E-state index is 5.39. The Labute approximate surface area is 137 Å². The molecule has 0 saturated carbocycles. The number of ether oxygens (including phenoxy) is 2. The predicted molar refractivity (Wildman–Crippen MR) is 92.5 cm³/mol. The Balaban J connectivity index is 1.80. The van der Waals surface area contributed by atoms with Gasteiger partial charge >= 0.3 is 0 Å². The van der Waals surface area contributed by atoms with E-state index < -0.39 is 0 Å². The van der Waals surface area contributed by atoms with E-state index in [0.29, 0.717) is 0 Å². The molecule has 23 heavy (non-hydrogen) atoms. The zero-order valence-corrected chi connectivity index (χ0v) is 14.0. The van der Waals surface area contributed by atoms with Gasteiger partial charge in [-0.15, -0.1) is 0 Å². The summed E-state index contributed by atoms with van der Waals surface area (Å²) in [7, 11) is 3.30. The van der Waals surface area contributed by atoms with E-state index in [4.69, 9.17) is 9.47 Å². The minimum atomic E-state index is 0.159. The molecule has 0 aliphatic carbocycles. The van der Waals surface area contributed by atoms with Crippen LogP contribution in [0.5, 0.6) is 11.5 Å². The summed E-state index contributed by atoms with van der Waals surface area (Å²) in [5.74, 6) is 1.48. The van der Waals surface area contributed by atoms with Crippen LogP contribution in [0.15, 0.2) is 41.5 Å². The van der Waals surface area contributed by atoms with Gasteiger partial charge < -0.3 is 14.9 Å². The van der Waals surface area contributed by atoms with Crippen LogP contribution in [0.3, 0.4) is 0 Å². The molecule has 120 valence electrons. The Hall–Kier alpha value is -2.49. The standard InChI is InChI=1S/C19H22N2O2/c1-12-5-6-14(9-13(12)2)16-11-17(21-20-16)15-7-8-18(22-3)19(10-15)23-4/h5-10,17,21H,11H2,1-4H3. The number of aryl methyl sites for hydroxylation is 2. The van der Waals surface area contributed by atoms with Crippen molar-refractivity contribution < 1.29 is 9.47 Å². The summed E-state index contributed by atoms with van der Waals surface area (Å²) in [6, 6.07) is 12.6. The third-order valence-electron chi connectivity index (χ3n) is 4.40. The van der Waals surface area contributed by atoms with Crippen molar-refractivity contribution in [2.75, 3.05) is 14.2 Å². The highest BCUT2D eigenvalue weighted by Crippen LogP contribution is 2.33. The smallest absolute Gasteiger partial charge is 0.161 e. The number of benzene rings is 2. The normalized spacial score (nSPS) is 16.7. The molecule has 0 bridgehead atoms. The fraction of sp³-hybridized carbons (Fsp3) is 0.316. The van der Waals surface area contributed by atoms with Gasteiger partial charge in [0.05, 0.1) is 26.0 Å². The summed E-state index contributed by atoms with van der Waals surface area (Å²) in [4.78, 5) is 0. The van der Waals surface area contributed by atoms with E-state index in [0.717, 1.165) is 29.2 Å². The van der Waals surface area contributed by atoms with Gasteiger partial charge in [0.1, 0.15) is 0 Å². The molecule has 1 heterocycles. The Kier molecular flexibility index (Phi) is 4.24. The number of hydrazone groups is 1. The lowest BCUT2D eigenvalue weighted by atomic mass is 9.97. The zero-order chi connectivity index (χ0) is 16.4. The average molecular weight is 310 g/mol. The second-order valence-electron chi connectivity index (χ2n) is 5.86. The van der Waals surface area contributed by atoms with Crippen molar-refractivity contribution in [3.63, 3.8) is 0 Å². The van der Waals surface area contributed by atoms with Gasteiger partial charge in [0, 0.05) is 6.42 Å². The number of hydrogen-bond donors (Lipinski definition) is 1. The van der Waals surface area contributed by atoms with E-state index in [9.17, 15) is 0 Å². The fourth-order valence-electron chi connectivity index (χ4n) is 2.81. The van der Waals surface area contributed by atoms with Gasteiger partial charge in [-0.05, 0) is 54.3 Å². The molecular formula is C19H22N2O2. The molecule has 4 heteroatoms. The third kappa shape index (κ3) is 3.02. The number of nitrogens with one attached hydrogen (secondary N) is 1. The highest BCUT2D eigenvalue weighted by molar-refractivity contribution is 6.02. The van der Waals surface area contributed by atoms with Crippen LogP contribution in [0.2, 0.25) is 0 Å². The van der Waals surface area contributed by atoms with Crippen LogP contribution in [0.4, 0.5) is 0 Å². The SMILES string of the molecule is COc1ccc(C2CC(c3ccc(C)c(C)c3)=NN2)cc1OC. The molecule has 0 radical (unpaired) electrons. The summed E-state index contributed by atoms with van der Waals surface area (Å²) < 4.78 is 10.7. The molecule has 0 aromatic heterocycles. The van der Waals surface area contributed by atoms with E-state index in [1.807, 2.05) is 12.1 Å². The highest BCUT2D eigenvalue weighted by Gasteiger charge is 2.22. The van der Waals surface area contributed by atoms with Gasteiger partial charge in [-0.25, -0.2) is 0 Å². The van der Waals surface area contributed by atoms with Crippen LogP contribution in [-0.4, -0.2) is 19.9 Å². The zero-order valence-electron chi connectivity index (χ0n) is 14.0. The van der Waals surface area contributed by atoms with Crippen LogP contribution in [0.25, 0.3) is 0 Å². The lowest BCUT2D eigenvalue weighted by Crippen LogP contribution is -2.10.